The maximum atomic E-state index is 4.49. The lowest BCUT2D eigenvalue weighted by molar-refractivity contribution is 0.830. The van der Waals surface area contributed by atoms with Crippen molar-refractivity contribution in [3.05, 3.63) is 16.5 Å². The molecule has 0 atom stereocenters. The van der Waals surface area contributed by atoms with Gasteiger partial charge in [0.2, 0.25) is 0 Å². The highest BCUT2D eigenvalue weighted by atomic mass is 15.0. The van der Waals surface area contributed by atoms with Crippen LogP contribution in [0.15, 0.2) is 0 Å². The first-order valence-electron chi connectivity index (χ1n) is 6.90. The molecule has 0 N–H and O–H groups in total. The molecule has 0 aliphatic heterocycles. The Morgan fingerprint density at radius 1 is 1.00 bits per heavy atom. The van der Waals surface area contributed by atoms with Gasteiger partial charge in [0.15, 0.2) is 0 Å². The minimum Gasteiger partial charge on any atom is -0.332 e. The van der Waals surface area contributed by atoms with E-state index in [1.54, 1.807) is 0 Å². The van der Waals surface area contributed by atoms with E-state index in [1.807, 2.05) is 34.6 Å². The summed E-state index contributed by atoms with van der Waals surface area (Å²) in [5.41, 5.74) is 0. The molecule has 0 aliphatic carbocycles. The summed E-state index contributed by atoms with van der Waals surface area (Å²) in [6.07, 6.45) is 6.50. The van der Waals surface area contributed by atoms with Gasteiger partial charge in [-0.05, 0) is 19.8 Å². The van der Waals surface area contributed by atoms with E-state index in [1.165, 1.54) is 5.35 Å². The van der Waals surface area contributed by atoms with Crippen LogP contribution in [0.5, 0.6) is 0 Å². The van der Waals surface area contributed by atoms with Crippen LogP contribution in [0, 0.1) is 6.92 Å². The molecule has 0 unspecified atom stereocenters. The molecule has 2 heteroatoms. The van der Waals surface area contributed by atoms with Crippen molar-refractivity contribution >= 4 is 12.2 Å². The SMILES string of the molecule is CC.CC.CC/C=c1/nc(C)n(C)/c1=C/CC. The van der Waals surface area contributed by atoms with Crippen molar-refractivity contribution < 1.29 is 0 Å². The Hall–Kier alpha value is -1.05. The van der Waals surface area contributed by atoms with Gasteiger partial charge < -0.3 is 4.57 Å². The third-order valence-electron chi connectivity index (χ3n) is 2.19. The molecule has 1 aromatic heterocycles. The third-order valence-corrected chi connectivity index (χ3v) is 2.19. The summed E-state index contributed by atoms with van der Waals surface area (Å²) in [5, 5.41) is 2.38. The van der Waals surface area contributed by atoms with E-state index in [-0.39, 0.29) is 0 Å². The smallest absolute Gasteiger partial charge is 0.106 e. The molecule has 0 bridgehead atoms. The van der Waals surface area contributed by atoms with E-state index in [0.29, 0.717) is 0 Å². The molecule has 0 fully saturated rings. The Labute approximate surface area is 107 Å². The molecule has 0 saturated heterocycles. The van der Waals surface area contributed by atoms with Gasteiger partial charge in [-0.2, -0.15) is 0 Å². The van der Waals surface area contributed by atoms with Crippen LogP contribution in [-0.2, 0) is 7.05 Å². The molecule has 0 radical (unpaired) electrons. The Balaban J connectivity index is 0. The minimum absolute atomic E-state index is 1.04. The number of aryl methyl sites for hydroxylation is 1. The zero-order chi connectivity index (χ0) is 13.8. The fourth-order valence-electron chi connectivity index (χ4n) is 1.43. The molecule has 100 valence electrons. The van der Waals surface area contributed by atoms with Crippen molar-refractivity contribution in [3.8, 4) is 0 Å². The van der Waals surface area contributed by atoms with Crippen molar-refractivity contribution in [2.75, 3.05) is 0 Å². The molecule has 17 heavy (non-hydrogen) atoms. The predicted octanol–water partition coefficient (Wildman–Crippen LogP) is 3.16. The van der Waals surface area contributed by atoms with Gasteiger partial charge in [-0.25, -0.2) is 4.98 Å². The molecule has 0 saturated carbocycles. The fraction of sp³-hybridized carbons (Fsp3) is 0.667. The van der Waals surface area contributed by atoms with Gasteiger partial charge in [-0.3, -0.25) is 0 Å². The highest BCUT2D eigenvalue weighted by Crippen LogP contribution is 1.83. The second-order valence-electron chi connectivity index (χ2n) is 3.21. The summed E-state index contributed by atoms with van der Waals surface area (Å²) >= 11 is 0. The maximum absolute atomic E-state index is 4.49. The maximum Gasteiger partial charge on any atom is 0.106 e. The molecule has 1 heterocycles. The topological polar surface area (TPSA) is 17.8 Å². The monoisotopic (exact) mass is 238 g/mol. The van der Waals surface area contributed by atoms with Crippen molar-refractivity contribution in [3.63, 3.8) is 0 Å². The van der Waals surface area contributed by atoms with Crippen LogP contribution >= 0.6 is 0 Å². The highest BCUT2D eigenvalue weighted by molar-refractivity contribution is 5.26. The van der Waals surface area contributed by atoms with E-state index in [2.05, 4.69) is 42.6 Å². The molecule has 0 amide bonds. The average molecular weight is 238 g/mol. The average Bonchev–Trinajstić information content (AvgIpc) is 2.63. The van der Waals surface area contributed by atoms with E-state index in [0.717, 1.165) is 24.0 Å². The molecule has 0 aliphatic rings. The molecule has 1 aromatic rings. The molecule has 2 nitrogen and oxygen atoms in total. The lowest BCUT2D eigenvalue weighted by Gasteiger charge is -1.92. The molecule has 0 spiro atoms. The first-order valence-corrected chi connectivity index (χ1v) is 6.90. The van der Waals surface area contributed by atoms with Crippen LogP contribution in [0.3, 0.4) is 0 Å². The number of imidazole rings is 1. The standard InChI is InChI=1S/C11H18N2.2C2H6/c1-5-7-10-11(8-6-2)13(4)9(3)12-10;2*1-2/h7-8H,5-6H2,1-4H3;2*1-2H3/b10-7+,11-8+;;. The summed E-state index contributed by atoms with van der Waals surface area (Å²) in [6.45, 7) is 14.3. The van der Waals surface area contributed by atoms with Crippen LogP contribution in [0.4, 0.5) is 0 Å². The van der Waals surface area contributed by atoms with Crippen LogP contribution in [0.25, 0.3) is 12.2 Å². The van der Waals surface area contributed by atoms with E-state index >= 15 is 0 Å². The zero-order valence-electron chi connectivity index (χ0n) is 13.0. The van der Waals surface area contributed by atoms with Crippen molar-refractivity contribution in [1.29, 1.82) is 0 Å². The summed E-state index contributed by atoms with van der Waals surface area (Å²) in [6, 6.07) is 0. The highest BCUT2D eigenvalue weighted by Gasteiger charge is 1.96. The third kappa shape index (κ3) is 5.71. The van der Waals surface area contributed by atoms with Crippen molar-refractivity contribution in [2.24, 2.45) is 7.05 Å². The van der Waals surface area contributed by atoms with Gasteiger partial charge in [0, 0.05) is 7.05 Å². The fourth-order valence-corrected chi connectivity index (χ4v) is 1.43. The van der Waals surface area contributed by atoms with Crippen molar-refractivity contribution in [2.45, 2.75) is 61.3 Å². The summed E-state index contributed by atoms with van der Waals surface area (Å²) in [5.74, 6) is 1.08. The first kappa shape index (κ1) is 18.3. The van der Waals surface area contributed by atoms with Gasteiger partial charge in [0.05, 0.1) is 10.7 Å². The largest absolute Gasteiger partial charge is 0.332 e. The Morgan fingerprint density at radius 2 is 1.47 bits per heavy atom. The Morgan fingerprint density at radius 3 is 1.88 bits per heavy atom. The number of rotatable bonds is 2. The Bertz CT molecular complexity index is 386. The zero-order valence-corrected chi connectivity index (χ0v) is 13.0. The van der Waals surface area contributed by atoms with Crippen molar-refractivity contribution in [1.82, 2.24) is 9.55 Å². The molecule has 0 aromatic carbocycles. The van der Waals surface area contributed by atoms with E-state index in [9.17, 15) is 0 Å². The summed E-state index contributed by atoms with van der Waals surface area (Å²) in [4.78, 5) is 4.49. The lowest BCUT2D eigenvalue weighted by Crippen LogP contribution is -2.28. The first-order chi connectivity index (χ1) is 8.20. The van der Waals surface area contributed by atoms with Crippen LogP contribution < -0.4 is 10.7 Å². The minimum atomic E-state index is 1.04. The number of nitrogens with zero attached hydrogens (tertiary/aromatic N) is 2. The second kappa shape index (κ2) is 11.4. The number of hydrogen-bond donors (Lipinski definition) is 0. The second-order valence-corrected chi connectivity index (χ2v) is 3.21. The van der Waals surface area contributed by atoms with Gasteiger partial charge >= 0.3 is 0 Å². The molecule has 1 rings (SSSR count). The Kier molecular flexibility index (Phi) is 12.3. The van der Waals surface area contributed by atoms with Gasteiger partial charge in [-0.1, -0.05) is 53.7 Å². The number of hydrogen-bond acceptors (Lipinski definition) is 1. The normalized spacial score (nSPS) is 11.5. The summed E-state index contributed by atoms with van der Waals surface area (Å²) in [7, 11) is 2.07. The number of aromatic nitrogens is 2. The summed E-state index contributed by atoms with van der Waals surface area (Å²) < 4.78 is 2.14. The van der Waals surface area contributed by atoms with Crippen LogP contribution in [0.2, 0.25) is 0 Å². The quantitative estimate of drug-likeness (QED) is 0.774. The van der Waals surface area contributed by atoms with E-state index < -0.39 is 0 Å². The van der Waals surface area contributed by atoms with Crippen LogP contribution in [-0.4, -0.2) is 9.55 Å². The van der Waals surface area contributed by atoms with E-state index in [4.69, 9.17) is 0 Å². The van der Waals surface area contributed by atoms with Gasteiger partial charge in [0.25, 0.3) is 0 Å². The lowest BCUT2D eigenvalue weighted by atomic mass is 10.3. The van der Waals surface area contributed by atoms with Gasteiger partial charge in [-0.15, -0.1) is 0 Å². The predicted molar refractivity (Wildman–Crippen MR) is 79.4 cm³/mol. The van der Waals surface area contributed by atoms with Crippen LogP contribution in [0.1, 0.15) is 60.2 Å². The van der Waals surface area contributed by atoms with Gasteiger partial charge in [0.1, 0.15) is 5.82 Å². The molecular weight excluding hydrogens is 208 g/mol. The molecular formula is C15H30N2.